The summed E-state index contributed by atoms with van der Waals surface area (Å²) in [5.74, 6) is 0.0806. The zero-order valence-electron chi connectivity index (χ0n) is 11.8. The molecule has 0 aromatic carbocycles. The Morgan fingerprint density at radius 1 is 1.39 bits per heavy atom. The van der Waals surface area contributed by atoms with Crippen molar-refractivity contribution in [2.24, 2.45) is 11.3 Å². The maximum Gasteiger partial charge on any atom is 0.240 e. The number of nitrogens with one attached hydrogen (secondary N) is 1. The lowest BCUT2D eigenvalue weighted by Gasteiger charge is -2.25. The molecule has 2 N–H and O–H groups in total. The van der Waals surface area contributed by atoms with E-state index < -0.39 is 5.41 Å². The lowest BCUT2D eigenvalue weighted by Crippen LogP contribution is -2.41. The molecule has 0 saturated heterocycles. The third kappa shape index (κ3) is 5.05. The average Bonchev–Trinajstić information content (AvgIpc) is 2.35. The third-order valence-corrected chi connectivity index (χ3v) is 3.24. The van der Waals surface area contributed by atoms with E-state index in [0.29, 0.717) is 25.8 Å². The fourth-order valence-corrected chi connectivity index (χ4v) is 2.13. The van der Waals surface area contributed by atoms with Gasteiger partial charge in [-0.3, -0.25) is 4.79 Å². The van der Waals surface area contributed by atoms with E-state index in [0.717, 1.165) is 12.8 Å². The molecule has 1 atom stereocenters. The molecule has 18 heavy (non-hydrogen) atoms. The zero-order chi connectivity index (χ0) is 14.0. The summed E-state index contributed by atoms with van der Waals surface area (Å²) in [4.78, 5) is 12.2. The SMILES string of the molecule is CCCC(C#N)(CCC)C(=O)NCC(C)CCO. The van der Waals surface area contributed by atoms with Crippen LogP contribution in [0, 0.1) is 22.7 Å². The lowest BCUT2D eigenvalue weighted by molar-refractivity contribution is -0.129. The molecule has 0 spiro atoms. The van der Waals surface area contributed by atoms with E-state index in [-0.39, 0.29) is 18.4 Å². The van der Waals surface area contributed by atoms with Crippen LogP contribution >= 0.6 is 0 Å². The number of carbonyl (C=O) groups is 1. The molecule has 0 aromatic rings. The monoisotopic (exact) mass is 254 g/mol. The fourth-order valence-electron chi connectivity index (χ4n) is 2.13. The van der Waals surface area contributed by atoms with Gasteiger partial charge in [-0.05, 0) is 25.2 Å². The number of aliphatic hydroxyl groups is 1. The van der Waals surface area contributed by atoms with E-state index in [4.69, 9.17) is 5.11 Å². The maximum atomic E-state index is 12.2. The topological polar surface area (TPSA) is 73.1 Å². The van der Waals surface area contributed by atoms with Crippen molar-refractivity contribution in [2.75, 3.05) is 13.2 Å². The second-order valence-corrected chi connectivity index (χ2v) is 5.02. The van der Waals surface area contributed by atoms with Crippen LogP contribution in [0.3, 0.4) is 0 Å². The Labute approximate surface area is 110 Å². The van der Waals surface area contributed by atoms with Crippen LogP contribution in [-0.2, 0) is 4.79 Å². The molecule has 0 heterocycles. The normalized spacial score (nSPS) is 12.8. The van der Waals surface area contributed by atoms with Crippen LogP contribution < -0.4 is 5.32 Å². The Morgan fingerprint density at radius 2 is 1.94 bits per heavy atom. The molecule has 4 nitrogen and oxygen atoms in total. The largest absolute Gasteiger partial charge is 0.396 e. The van der Waals surface area contributed by atoms with Gasteiger partial charge in [-0.25, -0.2) is 0 Å². The Morgan fingerprint density at radius 3 is 2.33 bits per heavy atom. The van der Waals surface area contributed by atoms with Crippen LogP contribution in [0.5, 0.6) is 0 Å². The van der Waals surface area contributed by atoms with Crippen molar-refractivity contribution in [2.45, 2.75) is 52.9 Å². The second-order valence-electron chi connectivity index (χ2n) is 5.02. The summed E-state index contributed by atoms with van der Waals surface area (Å²) in [5.41, 5.74) is -0.873. The molecule has 1 unspecified atom stereocenters. The van der Waals surface area contributed by atoms with E-state index in [2.05, 4.69) is 11.4 Å². The number of amides is 1. The van der Waals surface area contributed by atoms with E-state index in [1.165, 1.54) is 0 Å². The summed E-state index contributed by atoms with van der Waals surface area (Å²) in [6, 6.07) is 2.21. The molecule has 104 valence electrons. The standard InChI is InChI=1S/C14H26N2O2/c1-4-7-14(11-15,8-5-2)13(18)16-10-12(3)6-9-17/h12,17H,4-10H2,1-3H3,(H,16,18). The molecule has 0 fully saturated rings. The second kappa shape index (κ2) is 8.93. The minimum absolute atomic E-state index is 0.129. The van der Waals surface area contributed by atoms with Gasteiger partial charge in [0.05, 0.1) is 6.07 Å². The summed E-state index contributed by atoms with van der Waals surface area (Å²) >= 11 is 0. The van der Waals surface area contributed by atoms with Gasteiger partial charge in [0.1, 0.15) is 5.41 Å². The number of carbonyl (C=O) groups excluding carboxylic acids is 1. The first-order valence-electron chi connectivity index (χ1n) is 6.86. The molecular weight excluding hydrogens is 228 g/mol. The summed E-state index contributed by atoms with van der Waals surface area (Å²) < 4.78 is 0. The van der Waals surface area contributed by atoms with Gasteiger partial charge in [0, 0.05) is 13.2 Å². The molecule has 0 rings (SSSR count). The van der Waals surface area contributed by atoms with Gasteiger partial charge in [0.15, 0.2) is 0 Å². The first-order valence-corrected chi connectivity index (χ1v) is 6.86. The number of nitriles is 1. The molecule has 0 bridgehead atoms. The molecule has 0 aliphatic heterocycles. The molecule has 0 saturated carbocycles. The summed E-state index contributed by atoms with van der Waals surface area (Å²) in [6.07, 6.45) is 3.54. The first kappa shape index (κ1) is 16.9. The predicted octanol–water partition coefficient (Wildman–Crippen LogP) is 2.23. The van der Waals surface area contributed by atoms with Crippen LogP contribution in [0.2, 0.25) is 0 Å². The van der Waals surface area contributed by atoms with Crippen molar-refractivity contribution >= 4 is 5.91 Å². The zero-order valence-corrected chi connectivity index (χ0v) is 11.8. The van der Waals surface area contributed by atoms with Crippen LogP contribution in [0.4, 0.5) is 0 Å². The smallest absolute Gasteiger partial charge is 0.240 e. The molecule has 0 radical (unpaired) electrons. The molecular formula is C14H26N2O2. The van der Waals surface area contributed by atoms with Crippen molar-refractivity contribution in [1.82, 2.24) is 5.32 Å². The van der Waals surface area contributed by atoms with Crippen molar-refractivity contribution in [1.29, 1.82) is 5.26 Å². The molecule has 1 amide bonds. The van der Waals surface area contributed by atoms with Gasteiger partial charge in [0.25, 0.3) is 0 Å². The molecule has 0 aliphatic rings. The number of aliphatic hydroxyl groups excluding tert-OH is 1. The van der Waals surface area contributed by atoms with Crippen LogP contribution in [-0.4, -0.2) is 24.2 Å². The Balaban J connectivity index is 4.52. The van der Waals surface area contributed by atoms with Crippen molar-refractivity contribution in [3.05, 3.63) is 0 Å². The van der Waals surface area contributed by atoms with Crippen LogP contribution in [0.1, 0.15) is 52.9 Å². The summed E-state index contributed by atoms with van der Waals surface area (Å²) in [7, 11) is 0. The minimum atomic E-state index is -0.873. The number of hydrogen-bond donors (Lipinski definition) is 2. The van der Waals surface area contributed by atoms with E-state index in [9.17, 15) is 10.1 Å². The quantitative estimate of drug-likeness (QED) is 0.662. The maximum absolute atomic E-state index is 12.2. The van der Waals surface area contributed by atoms with Crippen molar-refractivity contribution in [3.63, 3.8) is 0 Å². The average molecular weight is 254 g/mol. The van der Waals surface area contributed by atoms with Gasteiger partial charge < -0.3 is 10.4 Å². The van der Waals surface area contributed by atoms with E-state index in [1.807, 2.05) is 20.8 Å². The molecule has 0 aliphatic carbocycles. The molecule has 0 aromatic heterocycles. The van der Waals surface area contributed by atoms with Crippen LogP contribution in [0.15, 0.2) is 0 Å². The number of hydrogen-bond acceptors (Lipinski definition) is 3. The van der Waals surface area contributed by atoms with Gasteiger partial charge in [0.2, 0.25) is 5.91 Å². The van der Waals surface area contributed by atoms with E-state index in [1.54, 1.807) is 0 Å². The summed E-state index contributed by atoms with van der Waals surface area (Å²) in [5, 5.41) is 21.0. The van der Waals surface area contributed by atoms with Gasteiger partial charge in [-0.1, -0.05) is 33.6 Å². The van der Waals surface area contributed by atoms with Gasteiger partial charge in [-0.15, -0.1) is 0 Å². The summed E-state index contributed by atoms with van der Waals surface area (Å²) in [6.45, 7) is 6.61. The van der Waals surface area contributed by atoms with Gasteiger partial charge in [-0.2, -0.15) is 5.26 Å². The highest BCUT2D eigenvalue weighted by molar-refractivity contribution is 5.85. The highest BCUT2D eigenvalue weighted by Gasteiger charge is 2.36. The third-order valence-electron chi connectivity index (χ3n) is 3.24. The van der Waals surface area contributed by atoms with Gasteiger partial charge >= 0.3 is 0 Å². The van der Waals surface area contributed by atoms with Crippen molar-refractivity contribution in [3.8, 4) is 6.07 Å². The lowest BCUT2D eigenvalue weighted by atomic mass is 9.79. The molecule has 4 heteroatoms. The predicted molar refractivity (Wildman–Crippen MR) is 71.7 cm³/mol. The van der Waals surface area contributed by atoms with Crippen molar-refractivity contribution < 1.29 is 9.90 Å². The fraction of sp³-hybridized carbons (Fsp3) is 0.857. The van der Waals surface area contributed by atoms with Crippen LogP contribution in [0.25, 0.3) is 0 Å². The number of rotatable bonds is 9. The van der Waals surface area contributed by atoms with E-state index >= 15 is 0 Å². The minimum Gasteiger partial charge on any atom is -0.396 e. The highest BCUT2D eigenvalue weighted by Crippen LogP contribution is 2.29. The Hall–Kier alpha value is -1.08. The Kier molecular flexibility index (Phi) is 8.40. The number of nitrogens with zero attached hydrogens (tertiary/aromatic N) is 1. The Bertz CT molecular complexity index is 278. The highest BCUT2D eigenvalue weighted by atomic mass is 16.3. The first-order chi connectivity index (χ1) is 8.56.